The number of hydrogen-bond acceptors (Lipinski definition) is 3. The van der Waals surface area contributed by atoms with E-state index in [-0.39, 0.29) is 5.91 Å². The first kappa shape index (κ1) is 15.7. The van der Waals surface area contributed by atoms with Crippen molar-refractivity contribution in [2.75, 3.05) is 13.1 Å². The van der Waals surface area contributed by atoms with E-state index in [1.54, 1.807) is 11.3 Å². The van der Waals surface area contributed by atoms with Crippen molar-refractivity contribution in [2.24, 2.45) is 11.7 Å². The third kappa shape index (κ3) is 5.08. The van der Waals surface area contributed by atoms with Crippen molar-refractivity contribution in [1.29, 1.82) is 0 Å². The van der Waals surface area contributed by atoms with Crippen LogP contribution in [0.2, 0.25) is 0 Å². The van der Waals surface area contributed by atoms with Crippen molar-refractivity contribution in [3.8, 4) is 0 Å². The molecule has 1 rings (SSSR count). The first-order valence-electron chi connectivity index (χ1n) is 6.28. The summed E-state index contributed by atoms with van der Waals surface area (Å²) in [6.07, 6.45) is 1.47. The monoisotopic (exact) mass is 332 g/mol. The molecule has 0 saturated carbocycles. The molecule has 1 amide bonds. The second-order valence-electron chi connectivity index (χ2n) is 4.49. The van der Waals surface area contributed by atoms with Crippen LogP contribution in [0.5, 0.6) is 0 Å². The Kier molecular flexibility index (Phi) is 6.89. The summed E-state index contributed by atoms with van der Waals surface area (Å²) in [6.45, 7) is 6.22. The molecule has 102 valence electrons. The molecule has 0 aromatic carbocycles. The Balaban J connectivity index is 2.47. The zero-order chi connectivity index (χ0) is 13.5. The maximum absolute atomic E-state index is 12.1. The number of rotatable bonds is 7. The molecule has 0 fully saturated rings. The van der Waals surface area contributed by atoms with Gasteiger partial charge in [0.05, 0.1) is 10.3 Å². The van der Waals surface area contributed by atoms with E-state index in [4.69, 9.17) is 5.73 Å². The minimum absolute atomic E-state index is 0.224. The Morgan fingerprint density at radius 3 is 2.78 bits per heavy atom. The second kappa shape index (κ2) is 7.92. The molecule has 0 spiro atoms. The number of amides is 1. The van der Waals surface area contributed by atoms with Gasteiger partial charge in [0.25, 0.3) is 0 Å². The number of thiophene rings is 1. The highest BCUT2D eigenvalue weighted by Crippen LogP contribution is 2.23. The summed E-state index contributed by atoms with van der Waals surface area (Å²) in [7, 11) is 0. The smallest absolute Gasteiger partial charge is 0.222 e. The summed E-state index contributed by atoms with van der Waals surface area (Å²) in [5.74, 6) is 0.644. The molecule has 1 unspecified atom stereocenters. The molecule has 0 aliphatic rings. The van der Waals surface area contributed by atoms with Crippen LogP contribution in [0.25, 0.3) is 0 Å². The normalized spacial score (nSPS) is 12.4. The third-order valence-electron chi connectivity index (χ3n) is 2.96. The standard InChI is InChI=1S/C13H21BrN2OS/c1-3-16(9-11-5-6-12(14)18-11)13(17)7-4-10(2)8-15/h5-6,10H,3-4,7-9,15H2,1-2H3. The van der Waals surface area contributed by atoms with Gasteiger partial charge in [-0.25, -0.2) is 0 Å². The second-order valence-corrected chi connectivity index (χ2v) is 7.04. The van der Waals surface area contributed by atoms with E-state index in [2.05, 4.69) is 28.9 Å². The lowest BCUT2D eigenvalue weighted by Gasteiger charge is -2.21. The molecule has 1 heterocycles. The highest BCUT2D eigenvalue weighted by Gasteiger charge is 2.14. The van der Waals surface area contributed by atoms with E-state index < -0.39 is 0 Å². The van der Waals surface area contributed by atoms with Gasteiger partial charge in [0.1, 0.15) is 0 Å². The predicted molar refractivity (Wildman–Crippen MR) is 80.6 cm³/mol. The van der Waals surface area contributed by atoms with Gasteiger partial charge in [0.2, 0.25) is 5.91 Å². The van der Waals surface area contributed by atoms with Gasteiger partial charge in [0.15, 0.2) is 0 Å². The predicted octanol–water partition coefficient (Wildman–Crippen LogP) is 3.23. The number of nitrogens with two attached hydrogens (primary N) is 1. The summed E-state index contributed by atoms with van der Waals surface area (Å²) in [6, 6.07) is 4.09. The molecule has 3 nitrogen and oxygen atoms in total. The number of nitrogens with zero attached hydrogens (tertiary/aromatic N) is 1. The zero-order valence-electron chi connectivity index (χ0n) is 11.0. The lowest BCUT2D eigenvalue weighted by Crippen LogP contribution is -2.30. The Hall–Kier alpha value is -0.390. The Morgan fingerprint density at radius 1 is 1.56 bits per heavy atom. The molecule has 18 heavy (non-hydrogen) atoms. The van der Waals surface area contributed by atoms with Gasteiger partial charge in [-0.3, -0.25) is 4.79 Å². The average molecular weight is 333 g/mol. The lowest BCUT2D eigenvalue weighted by atomic mass is 10.1. The van der Waals surface area contributed by atoms with Crippen LogP contribution >= 0.6 is 27.3 Å². The SMILES string of the molecule is CCN(Cc1ccc(Br)s1)C(=O)CCC(C)CN. The highest BCUT2D eigenvalue weighted by molar-refractivity contribution is 9.11. The fourth-order valence-corrected chi connectivity index (χ4v) is 3.15. The summed E-state index contributed by atoms with van der Waals surface area (Å²) in [5.41, 5.74) is 5.56. The molecule has 0 aliphatic carbocycles. The van der Waals surface area contributed by atoms with E-state index in [0.29, 0.717) is 25.4 Å². The molecule has 1 aromatic heterocycles. The quantitative estimate of drug-likeness (QED) is 0.833. The van der Waals surface area contributed by atoms with E-state index >= 15 is 0 Å². The Bertz CT molecular complexity index is 381. The van der Waals surface area contributed by atoms with Crippen LogP contribution in [0.1, 0.15) is 31.6 Å². The van der Waals surface area contributed by atoms with E-state index in [9.17, 15) is 4.79 Å². The van der Waals surface area contributed by atoms with Crippen LogP contribution in [-0.2, 0) is 11.3 Å². The van der Waals surface area contributed by atoms with E-state index in [1.807, 2.05) is 17.9 Å². The van der Waals surface area contributed by atoms with Gasteiger partial charge in [0, 0.05) is 17.8 Å². The Morgan fingerprint density at radius 2 is 2.28 bits per heavy atom. The van der Waals surface area contributed by atoms with Gasteiger partial charge in [-0.2, -0.15) is 0 Å². The minimum Gasteiger partial charge on any atom is -0.338 e. The number of carbonyl (C=O) groups excluding carboxylic acids is 1. The average Bonchev–Trinajstić information content (AvgIpc) is 2.78. The van der Waals surface area contributed by atoms with Crippen molar-refractivity contribution in [1.82, 2.24) is 4.90 Å². The van der Waals surface area contributed by atoms with Crippen LogP contribution in [0, 0.1) is 5.92 Å². The molecular formula is C13H21BrN2OS. The number of carbonyl (C=O) groups is 1. The summed E-state index contributed by atoms with van der Waals surface area (Å²) < 4.78 is 1.11. The fourth-order valence-electron chi connectivity index (χ4n) is 1.65. The van der Waals surface area contributed by atoms with Gasteiger partial charge < -0.3 is 10.6 Å². The van der Waals surface area contributed by atoms with Crippen molar-refractivity contribution < 1.29 is 4.79 Å². The van der Waals surface area contributed by atoms with E-state index in [1.165, 1.54) is 4.88 Å². The number of hydrogen-bond donors (Lipinski definition) is 1. The van der Waals surface area contributed by atoms with Crippen molar-refractivity contribution in [3.05, 3.63) is 20.8 Å². The van der Waals surface area contributed by atoms with Crippen LogP contribution < -0.4 is 5.73 Å². The van der Waals surface area contributed by atoms with Gasteiger partial charge in [-0.05, 0) is 53.9 Å². The van der Waals surface area contributed by atoms with Crippen molar-refractivity contribution in [2.45, 2.75) is 33.2 Å². The summed E-state index contributed by atoms with van der Waals surface area (Å²) >= 11 is 5.12. The first-order valence-corrected chi connectivity index (χ1v) is 7.89. The fraction of sp³-hybridized carbons (Fsp3) is 0.615. The van der Waals surface area contributed by atoms with E-state index in [0.717, 1.165) is 16.8 Å². The summed E-state index contributed by atoms with van der Waals surface area (Å²) in [4.78, 5) is 15.2. The molecule has 0 aliphatic heterocycles. The first-order chi connectivity index (χ1) is 8.56. The van der Waals surface area contributed by atoms with Crippen LogP contribution in [0.4, 0.5) is 0 Å². The maximum atomic E-state index is 12.1. The summed E-state index contributed by atoms with van der Waals surface area (Å²) in [5, 5.41) is 0. The molecule has 5 heteroatoms. The van der Waals surface area contributed by atoms with Crippen LogP contribution in [0.3, 0.4) is 0 Å². The highest BCUT2D eigenvalue weighted by atomic mass is 79.9. The molecule has 0 bridgehead atoms. The zero-order valence-corrected chi connectivity index (χ0v) is 13.4. The van der Waals surface area contributed by atoms with Crippen molar-refractivity contribution >= 4 is 33.2 Å². The van der Waals surface area contributed by atoms with Gasteiger partial charge >= 0.3 is 0 Å². The lowest BCUT2D eigenvalue weighted by molar-refractivity contribution is -0.131. The number of halogens is 1. The largest absolute Gasteiger partial charge is 0.338 e. The minimum atomic E-state index is 0.224. The van der Waals surface area contributed by atoms with Crippen LogP contribution in [-0.4, -0.2) is 23.9 Å². The molecular weight excluding hydrogens is 312 g/mol. The van der Waals surface area contributed by atoms with Gasteiger partial charge in [-0.15, -0.1) is 11.3 Å². The maximum Gasteiger partial charge on any atom is 0.222 e. The van der Waals surface area contributed by atoms with Crippen LogP contribution in [0.15, 0.2) is 15.9 Å². The van der Waals surface area contributed by atoms with Crippen molar-refractivity contribution in [3.63, 3.8) is 0 Å². The topological polar surface area (TPSA) is 46.3 Å². The molecule has 2 N–H and O–H groups in total. The molecule has 0 saturated heterocycles. The van der Waals surface area contributed by atoms with Gasteiger partial charge in [-0.1, -0.05) is 6.92 Å². The third-order valence-corrected chi connectivity index (χ3v) is 4.57. The molecule has 0 radical (unpaired) electrons. The molecule has 1 atom stereocenters. The molecule has 1 aromatic rings. The Labute approximate surface area is 121 Å².